The molecular weight excluding hydrogens is 248 g/mol. The van der Waals surface area contributed by atoms with Gasteiger partial charge in [-0.25, -0.2) is 0 Å². The monoisotopic (exact) mass is 268 g/mol. The minimum atomic E-state index is 0.00422. The quantitative estimate of drug-likeness (QED) is 0.843. The third-order valence-corrected chi connectivity index (χ3v) is 3.17. The van der Waals surface area contributed by atoms with Crippen molar-refractivity contribution in [3.63, 3.8) is 0 Å². The van der Waals surface area contributed by atoms with E-state index < -0.39 is 0 Å². The lowest BCUT2D eigenvalue weighted by Crippen LogP contribution is -2.33. The fourth-order valence-electron chi connectivity index (χ4n) is 2.09. The molecule has 3 nitrogen and oxygen atoms in total. The molecule has 0 spiro atoms. The van der Waals surface area contributed by atoms with Crippen LogP contribution in [0.4, 0.5) is 5.69 Å². The predicted molar refractivity (Wildman–Crippen MR) is 82.5 cm³/mol. The van der Waals surface area contributed by atoms with Crippen molar-refractivity contribution in [2.24, 2.45) is 0 Å². The van der Waals surface area contributed by atoms with Crippen molar-refractivity contribution >= 4 is 11.6 Å². The van der Waals surface area contributed by atoms with Crippen LogP contribution in [0.2, 0.25) is 0 Å². The number of carbonyl (C=O) groups excluding carboxylic acids is 1. The highest BCUT2D eigenvalue weighted by Gasteiger charge is 2.11. The smallest absolute Gasteiger partial charge is 0.239 e. The van der Waals surface area contributed by atoms with Crippen LogP contribution < -0.4 is 10.6 Å². The van der Waals surface area contributed by atoms with Crippen molar-refractivity contribution in [2.75, 3.05) is 11.9 Å². The third-order valence-electron chi connectivity index (χ3n) is 3.17. The minimum absolute atomic E-state index is 0.00422. The lowest BCUT2D eigenvalue weighted by molar-refractivity contribution is -0.120. The molecule has 2 N–H and O–H groups in total. The molecular formula is C17H20N2O. The van der Waals surface area contributed by atoms with E-state index in [-0.39, 0.29) is 18.5 Å². The van der Waals surface area contributed by atoms with E-state index >= 15 is 0 Å². The van der Waals surface area contributed by atoms with Crippen LogP contribution in [0.25, 0.3) is 0 Å². The molecule has 20 heavy (non-hydrogen) atoms. The van der Waals surface area contributed by atoms with E-state index in [4.69, 9.17) is 0 Å². The lowest BCUT2D eigenvalue weighted by Gasteiger charge is -2.17. The van der Waals surface area contributed by atoms with E-state index in [9.17, 15) is 4.79 Å². The molecule has 0 bridgehead atoms. The maximum Gasteiger partial charge on any atom is 0.239 e. The largest absolute Gasteiger partial charge is 0.376 e. The maximum absolute atomic E-state index is 12.0. The summed E-state index contributed by atoms with van der Waals surface area (Å²) in [4.78, 5) is 12.0. The second-order valence-corrected chi connectivity index (χ2v) is 4.66. The summed E-state index contributed by atoms with van der Waals surface area (Å²) in [6, 6.07) is 19.8. The Morgan fingerprint density at radius 3 is 2.20 bits per heavy atom. The zero-order chi connectivity index (χ0) is 14.2. The second-order valence-electron chi connectivity index (χ2n) is 4.66. The summed E-state index contributed by atoms with van der Waals surface area (Å²) < 4.78 is 0. The normalized spacial score (nSPS) is 11.7. The van der Waals surface area contributed by atoms with E-state index in [1.165, 1.54) is 0 Å². The van der Waals surface area contributed by atoms with Crippen LogP contribution in [-0.4, -0.2) is 12.5 Å². The molecule has 2 aromatic carbocycles. The fraction of sp³-hybridized carbons (Fsp3) is 0.235. The highest BCUT2D eigenvalue weighted by molar-refractivity contribution is 5.81. The number of hydrogen-bond donors (Lipinski definition) is 2. The average molecular weight is 268 g/mol. The highest BCUT2D eigenvalue weighted by atomic mass is 16.1. The number of benzene rings is 2. The van der Waals surface area contributed by atoms with E-state index in [1.54, 1.807) is 0 Å². The Kier molecular flexibility index (Phi) is 5.18. The summed E-state index contributed by atoms with van der Waals surface area (Å²) >= 11 is 0. The standard InChI is InChI=1S/C17H20N2O/c1-2-16(14-9-5-3-6-10-14)19-17(20)13-18-15-11-7-4-8-12-15/h3-12,16,18H,2,13H2,1H3,(H,19,20). The van der Waals surface area contributed by atoms with Gasteiger partial charge in [-0.05, 0) is 24.1 Å². The summed E-state index contributed by atoms with van der Waals surface area (Å²) in [7, 11) is 0. The van der Waals surface area contributed by atoms with Crippen molar-refractivity contribution in [1.29, 1.82) is 0 Å². The van der Waals surface area contributed by atoms with Crippen LogP contribution in [0, 0.1) is 0 Å². The van der Waals surface area contributed by atoms with E-state index in [2.05, 4.69) is 17.6 Å². The van der Waals surface area contributed by atoms with Crippen LogP contribution >= 0.6 is 0 Å². The summed E-state index contributed by atoms with van der Waals surface area (Å²) in [6.45, 7) is 2.36. The minimum Gasteiger partial charge on any atom is -0.376 e. The Bertz CT molecular complexity index is 525. The molecule has 0 aliphatic heterocycles. The first-order valence-electron chi connectivity index (χ1n) is 6.93. The number of anilines is 1. The van der Waals surface area contributed by atoms with Gasteiger partial charge in [0.15, 0.2) is 0 Å². The predicted octanol–water partition coefficient (Wildman–Crippen LogP) is 3.37. The molecule has 1 unspecified atom stereocenters. The van der Waals surface area contributed by atoms with Crippen molar-refractivity contribution < 1.29 is 4.79 Å². The van der Waals surface area contributed by atoms with Gasteiger partial charge in [-0.15, -0.1) is 0 Å². The van der Waals surface area contributed by atoms with E-state index in [0.717, 1.165) is 17.7 Å². The van der Waals surface area contributed by atoms with Gasteiger partial charge in [-0.3, -0.25) is 4.79 Å². The topological polar surface area (TPSA) is 41.1 Å². The molecule has 1 amide bonds. The SMILES string of the molecule is CCC(NC(=O)CNc1ccccc1)c1ccccc1. The van der Waals surface area contributed by atoms with Crippen LogP contribution in [0.15, 0.2) is 60.7 Å². The Morgan fingerprint density at radius 2 is 1.60 bits per heavy atom. The number of rotatable bonds is 6. The van der Waals surface area contributed by atoms with Gasteiger partial charge >= 0.3 is 0 Å². The summed E-state index contributed by atoms with van der Waals surface area (Å²) in [5, 5.41) is 6.17. The molecule has 0 saturated carbocycles. The van der Waals surface area contributed by atoms with Crippen LogP contribution in [0.3, 0.4) is 0 Å². The zero-order valence-corrected chi connectivity index (χ0v) is 11.7. The first-order chi connectivity index (χ1) is 9.79. The van der Waals surface area contributed by atoms with Crippen molar-refractivity contribution in [2.45, 2.75) is 19.4 Å². The summed E-state index contributed by atoms with van der Waals surface area (Å²) in [6.07, 6.45) is 0.876. The van der Waals surface area contributed by atoms with Gasteiger partial charge in [0.1, 0.15) is 0 Å². The molecule has 3 heteroatoms. The molecule has 2 rings (SSSR count). The van der Waals surface area contributed by atoms with Gasteiger partial charge < -0.3 is 10.6 Å². The molecule has 0 aromatic heterocycles. The molecule has 0 radical (unpaired) electrons. The van der Waals surface area contributed by atoms with Crippen molar-refractivity contribution in [1.82, 2.24) is 5.32 Å². The zero-order valence-electron chi connectivity index (χ0n) is 11.7. The summed E-state index contributed by atoms with van der Waals surface area (Å²) in [5.41, 5.74) is 2.10. The molecule has 0 aliphatic rings. The molecule has 2 aromatic rings. The fourth-order valence-corrected chi connectivity index (χ4v) is 2.09. The molecule has 0 aliphatic carbocycles. The maximum atomic E-state index is 12.0. The van der Waals surface area contributed by atoms with Crippen molar-refractivity contribution in [3.05, 3.63) is 66.2 Å². The number of carbonyl (C=O) groups is 1. The van der Waals surface area contributed by atoms with Gasteiger partial charge in [-0.1, -0.05) is 55.5 Å². The molecule has 0 fully saturated rings. The van der Waals surface area contributed by atoms with Gasteiger partial charge in [0.25, 0.3) is 0 Å². The summed E-state index contributed by atoms with van der Waals surface area (Å²) in [5.74, 6) is 0.00422. The Morgan fingerprint density at radius 1 is 1.00 bits per heavy atom. The molecule has 0 saturated heterocycles. The Balaban J connectivity index is 1.87. The highest BCUT2D eigenvalue weighted by Crippen LogP contribution is 2.15. The Hall–Kier alpha value is -2.29. The van der Waals surface area contributed by atoms with Crippen LogP contribution in [0.1, 0.15) is 24.9 Å². The number of amides is 1. The number of nitrogens with one attached hydrogen (secondary N) is 2. The molecule has 104 valence electrons. The average Bonchev–Trinajstić information content (AvgIpc) is 2.52. The number of para-hydroxylation sites is 1. The Labute approximate surface area is 120 Å². The van der Waals surface area contributed by atoms with E-state index in [1.807, 2.05) is 60.7 Å². The van der Waals surface area contributed by atoms with Gasteiger partial charge in [-0.2, -0.15) is 0 Å². The number of hydrogen-bond acceptors (Lipinski definition) is 2. The van der Waals surface area contributed by atoms with Crippen LogP contribution in [-0.2, 0) is 4.79 Å². The first kappa shape index (κ1) is 14.1. The van der Waals surface area contributed by atoms with Crippen molar-refractivity contribution in [3.8, 4) is 0 Å². The lowest BCUT2D eigenvalue weighted by atomic mass is 10.0. The van der Waals surface area contributed by atoms with Gasteiger partial charge in [0.2, 0.25) is 5.91 Å². The van der Waals surface area contributed by atoms with Crippen LogP contribution in [0.5, 0.6) is 0 Å². The van der Waals surface area contributed by atoms with Gasteiger partial charge in [0, 0.05) is 5.69 Å². The molecule has 1 atom stereocenters. The first-order valence-corrected chi connectivity index (χ1v) is 6.93. The third kappa shape index (κ3) is 4.12. The van der Waals surface area contributed by atoms with E-state index in [0.29, 0.717) is 0 Å². The molecule has 0 heterocycles. The second kappa shape index (κ2) is 7.34. The van der Waals surface area contributed by atoms with Gasteiger partial charge in [0.05, 0.1) is 12.6 Å².